The van der Waals surface area contributed by atoms with Gasteiger partial charge in [0.05, 0.1) is 9.26 Å². The van der Waals surface area contributed by atoms with Crippen molar-refractivity contribution in [1.82, 2.24) is 4.98 Å². The van der Waals surface area contributed by atoms with Crippen molar-refractivity contribution in [3.63, 3.8) is 0 Å². The molecule has 0 fully saturated rings. The minimum Gasteiger partial charge on any atom is -0.591 e. The zero-order valence-electron chi connectivity index (χ0n) is 20.5. The summed E-state index contributed by atoms with van der Waals surface area (Å²) >= 11 is 6.65. The zero-order chi connectivity index (χ0) is 26.0. The Kier molecular flexibility index (Phi) is 10.6. The molecule has 0 saturated carbocycles. The lowest BCUT2D eigenvalue weighted by atomic mass is 10.2. The molecule has 5 nitrogen and oxygen atoms in total. The summed E-state index contributed by atoms with van der Waals surface area (Å²) in [6, 6.07) is 1.28. The van der Waals surface area contributed by atoms with Gasteiger partial charge in [0.1, 0.15) is 28.4 Å². The highest BCUT2D eigenvalue weighted by Crippen LogP contribution is 2.45. The molecule has 0 aliphatic carbocycles. The van der Waals surface area contributed by atoms with E-state index in [1.807, 2.05) is 71.1 Å². The Bertz CT molecular complexity index is 836. The van der Waals surface area contributed by atoms with Crippen LogP contribution in [0.15, 0.2) is 10.5 Å². The van der Waals surface area contributed by atoms with Gasteiger partial charge in [0.25, 0.3) is 0 Å². The van der Waals surface area contributed by atoms with E-state index in [2.05, 4.69) is 9.38 Å². The molecule has 0 radical (unpaired) electrons. The van der Waals surface area contributed by atoms with Crippen molar-refractivity contribution < 1.29 is 26.9 Å². The predicted octanol–water partition coefficient (Wildman–Crippen LogP) is 7.66. The monoisotopic (exact) mass is 640 g/mol. The molecular weight excluding hydrogens is 608 g/mol. The third-order valence-electron chi connectivity index (χ3n) is 5.22. The molecule has 0 N–H and O–H groups in total. The molecule has 1 aromatic heterocycles. The molecule has 1 rings (SSSR count). The van der Waals surface area contributed by atoms with E-state index in [1.54, 1.807) is 13.1 Å². The topological polar surface area (TPSA) is 66.8 Å². The third kappa shape index (κ3) is 8.82. The fraction of sp³-hybridized carbons (Fsp3) is 0.714. The summed E-state index contributed by atoms with van der Waals surface area (Å²) in [5, 5.41) is -0.614. The molecule has 190 valence electrons. The highest BCUT2D eigenvalue weighted by atomic mass is 127. The molecular formula is C21H33ClF3IN2O3SSi. The molecule has 1 aromatic rings. The third-order valence-corrected chi connectivity index (χ3v) is 12.2. The summed E-state index contributed by atoms with van der Waals surface area (Å²) in [5.41, 5.74) is 0.237. The summed E-state index contributed by atoms with van der Waals surface area (Å²) in [4.78, 5) is 3.98. The summed E-state index contributed by atoms with van der Waals surface area (Å²) in [7, 11) is -2.76. The van der Waals surface area contributed by atoms with Gasteiger partial charge in [0.2, 0.25) is 0 Å². The van der Waals surface area contributed by atoms with Gasteiger partial charge in [-0.2, -0.15) is 13.2 Å². The van der Waals surface area contributed by atoms with Gasteiger partial charge in [-0.25, -0.2) is 4.98 Å². The average molecular weight is 641 g/mol. The van der Waals surface area contributed by atoms with Gasteiger partial charge >= 0.3 is 6.18 Å². The SMILES string of the molecule is CC/C(COc1c(I)cc(C(O[Si](C)(C)C(C)(C)C)C(F)(F)F)nc1Cl)=N/[S+]([O-])C(C)(C)C. The van der Waals surface area contributed by atoms with E-state index in [4.69, 9.17) is 20.8 Å². The van der Waals surface area contributed by atoms with Crippen LogP contribution < -0.4 is 4.74 Å². The minimum atomic E-state index is -4.66. The van der Waals surface area contributed by atoms with Crippen LogP contribution >= 0.6 is 34.2 Å². The summed E-state index contributed by atoms with van der Waals surface area (Å²) < 4.78 is 69.6. The Balaban J connectivity index is 3.24. The molecule has 0 spiro atoms. The largest absolute Gasteiger partial charge is 0.591 e. The normalized spacial score (nSPS) is 16.0. The van der Waals surface area contributed by atoms with Gasteiger partial charge in [-0.1, -0.05) is 43.7 Å². The summed E-state index contributed by atoms with van der Waals surface area (Å²) in [6.07, 6.45) is -6.35. The first-order chi connectivity index (χ1) is 14.7. The van der Waals surface area contributed by atoms with Crippen LogP contribution in [0.25, 0.3) is 0 Å². The number of pyridine rings is 1. The molecule has 0 saturated heterocycles. The Labute approximate surface area is 217 Å². The van der Waals surface area contributed by atoms with Crippen molar-refractivity contribution >= 4 is 59.6 Å². The van der Waals surface area contributed by atoms with E-state index in [1.165, 1.54) is 6.07 Å². The second-order valence-electron chi connectivity index (χ2n) is 10.1. The first-order valence-corrected chi connectivity index (χ1v) is 15.9. The minimum absolute atomic E-state index is 0.00175. The van der Waals surface area contributed by atoms with Crippen LogP contribution in [0.5, 0.6) is 5.75 Å². The van der Waals surface area contributed by atoms with Crippen LogP contribution in [-0.4, -0.2) is 41.1 Å². The Hall–Kier alpha value is -0.0831. The van der Waals surface area contributed by atoms with Gasteiger partial charge in [-0.15, -0.1) is 0 Å². The highest BCUT2D eigenvalue weighted by molar-refractivity contribution is 14.1. The van der Waals surface area contributed by atoms with Crippen molar-refractivity contribution in [3.05, 3.63) is 20.5 Å². The number of ether oxygens (including phenoxy) is 1. The van der Waals surface area contributed by atoms with Crippen molar-refractivity contribution in [2.45, 2.75) is 90.0 Å². The van der Waals surface area contributed by atoms with E-state index >= 15 is 0 Å². The second-order valence-corrected chi connectivity index (χ2v) is 18.3. The van der Waals surface area contributed by atoms with Crippen LogP contribution in [0.1, 0.15) is 66.7 Å². The fourth-order valence-corrected chi connectivity index (χ4v) is 5.15. The van der Waals surface area contributed by atoms with Gasteiger partial charge in [-0.3, -0.25) is 0 Å². The van der Waals surface area contributed by atoms with Crippen molar-refractivity contribution in [1.29, 1.82) is 0 Å². The van der Waals surface area contributed by atoms with E-state index in [9.17, 15) is 17.7 Å². The van der Waals surface area contributed by atoms with E-state index in [-0.39, 0.29) is 23.2 Å². The number of alkyl halides is 3. The Morgan fingerprint density at radius 1 is 1.24 bits per heavy atom. The van der Waals surface area contributed by atoms with E-state index < -0.39 is 41.7 Å². The van der Waals surface area contributed by atoms with Gasteiger partial charge < -0.3 is 13.7 Å². The van der Waals surface area contributed by atoms with Crippen molar-refractivity contribution in [2.75, 3.05) is 6.61 Å². The molecule has 0 aliphatic rings. The second kappa shape index (κ2) is 11.3. The van der Waals surface area contributed by atoms with Gasteiger partial charge in [-0.05, 0) is 74.0 Å². The summed E-state index contributed by atoms with van der Waals surface area (Å²) in [5.74, 6) is 0.150. The Morgan fingerprint density at radius 3 is 2.18 bits per heavy atom. The lowest BCUT2D eigenvalue weighted by Gasteiger charge is -2.39. The van der Waals surface area contributed by atoms with Crippen LogP contribution in [0.3, 0.4) is 0 Å². The number of rotatable bonds is 8. The number of halogens is 5. The van der Waals surface area contributed by atoms with Gasteiger partial charge in [0.15, 0.2) is 25.3 Å². The van der Waals surface area contributed by atoms with Crippen molar-refractivity contribution in [3.8, 4) is 5.75 Å². The molecule has 2 unspecified atom stereocenters. The van der Waals surface area contributed by atoms with E-state index in [0.29, 0.717) is 15.7 Å². The standard InChI is InChI=1S/C21H33ClF3IN2O3SSi/c1-10-13(28-32(29)19(2,3)4)12-30-16-14(26)11-15(27-18(16)22)17(21(23,24)25)31-33(8,9)20(5,6)7/h11,17H,10,12H2,1-9H3/b28-13-. The quantitative estimate of drug-likeness (QED) is 0.0962. The molecule has 1 heterocycles. The maximum Gasteiger partial charge on any atom is 0.419 e. The lowest BCUT2D eigenvalue weighted by molar-refractivity contribution is -0.202. The van der Waals surface area contributed by atoms with Gasteiger partial charge in [0, 0.05) is 0 Å². The molecule has 0 aromatic carbocycles. The number of hydrogen-bond acceptors (Lipinski definition) is 5. The predicted molar refractivity (Wildman–Crippen MR) is 140 cm³/mol. The van der Waals surface area contributed by atoms with Crippen LogP contribution in [0.2, 0.25) is 23.3 Å². The zero-order valence-corrected chi connectivity index (χ0v) is 25.2. The Morgan fingerprint density at radius 2 is 1.79 bits per heavy atom. The first-order valence-electron chi connectivity index (χ1n) is 10.4. The number of nitrogens with zero attached hydrogens (tertiary/aromatic N) is 2. The van der Waals surface area contributed by atoms with Crippen LogP contribution in [-0.2, 0) is 15.8 Å². The molecule has 33 heavy (non-hydrogen) atoms. The molecule has 0 amide bonds. The molecule has 0 aliphatic heterocycles. The lowest BCUT2D eigenvalue weighted by Crippen LogP contribution is -2.44. The number of hydrogen-bond donors (Lipinski definition) is 0. The van der Waals surface area contributed by atoms with Crippen molar-refractivity contribution in [2.24, 2.45) is 4.40 Å². The van der Waals surface area contributed by atoms with Crippen LogP contribution in [0.4, 0.5) is 13.2 Å². The van der Waals surface area contributed by atoms with Crippen LogP contribution in [0, 0.1) is 3.57 Å². The highest BCUT2D eigenvalue weighted by Gasteiger charge is 2.49. The average Bonchev–Trinajstić information content (AvgIpc) is 2.61. The molecule has 0 bridgehead atoms. The van der Waals surface area contributed by atoms with E-state index in [0.717, 1.165) is 0 Å². The molecule has 2 atom stereocenters. The molecule has 12 heteroatoms. The maximum atomic E-state index is 13.9. The number of aromatic nitrogens is 1. The summed E-state index contributed by atoms with van der Waals surface area (Å²) in [6.45, 7) is 16.4. The fourth-order valence-electron chi connectivity index (χ4n) is 2.12. The first kappa shape index (κ1) is 30.9. The maximum absolute atomic E-state index is 13.9. The smallest absolute Gasteiger partial charge is 0.419 e.